The zero-order valence-corrected chi connectivity index (χ0v) is 14.9. The van der Waals surface area contributed by atoms with E-state index in [1.165, 1.54) is 0 Å². The molecule has 110 valence electrons. The molecule has 0 aliphatic rings. The maximum atomic E-state index is 12.3. The summed E-state index contributed by atoms with van der Waals surface area (Å²) >= 11 is 6.85. The van der Waals surface area contributed by atoms with Crippen molar-refractivity contribution in [2.75, 3.05) is 6.61 Å². The number of ketones is 1. The van der Waals surface area contributed by atoms with Gasteiger partial charge in [0.05, 0.1) is 11.1 Å². The predicted octanol–water partition coefficient (Wildman–Crippen LogP) is 5.43. The highest BCUT2D eigenvalue weighted by atomic mass is 79.9. The molecule has 0 N–H and O–H groups in total. The van der Waals surface area contributed by atoms with Gasteiger partial charge in [-0.05, 0) is 58.2 Å². The Hall–Kier alpha value is -1.13. The van der Waals surface area contributed by atoms with E-state index in [1.54, 1.807) is 0 Å². The third-order valence-corrected chi connectivity index (χ3v) is 4.14. The van der Waals surface area contributed by atoms with Crippen molar-refractivity contribution in [3.8, 4) is 5.75 Å². The van der Waals surface area contributed by atoms with E-state index in [-0.39, 0.29) is 5.78 Å². The number of Topliss-reactive ketones (excluding diaryl/α,β-unsaturated/α-hetero) is 1. The number of benzene rings is 2. The van der Waals surface area contributed by atoms with Crippen LogP contribution < -0.4 is 4.74 Å². The highest BCUT2D eigenvalue weighted by Crippen LogP contribution is 2.26. The van der Waals surface area contributed by atoms with Gasteiger partial charge in [0.25, 0.3) is 0 Å². The Balaban J connectivity index is 2.08. The molecule has 0 fully saturated rings. The standard InChI is InChI=1S/C17H16Br2O2/c1-2-9-21-17-8-5-13(11-15(17)19)16(20)10-12-3-6-14(18)7-4-12/h3-8,11H,2,9-10H2,1H3. The van der Waals surface area contributed by atoms with Crippen LogP contribution in [0.1, 0.15) is 29.3 Å². The lowest BCUT2D eigenvalue weighted by atomic mass is 10.0. The number of hydrogen-bond donors (Lipinski definition) is 0. The van der Waals surface area contributed by atoms with E-state index in [1.807, 2.05) is 42.5 Å². The Morgan fingerprint density at radius 3 is 2.43 bits per heavy atom. The average Bonchev–Trinajstić information content (AvgIpc) is 2.48. The van der Waals surface area contributed by atoms with Gasteiger partial charge in [0, 0.05) is 16.5 Å². The molecule has 0 saturated heterocycles. The molecule has 0 radical (unpaired) electrons. The van der Waals surface area contributed by atoms with Gasteiger partial charge in [-0.25, -0.2) is 0 Å². The van der Waals surface area contributed by atoms with Crippen molar-refractivity contribution in [3.63, 3.8) is 0 Å². The maximum absolute atomic E-state index is 12.3. The van der Waals surface area contributed by atoms with E-state index in [4.69, 9.17) is 4.74 Å². The second kappa shape index (κ2) is 7.76. The van der Waals surface area contributed by atoms with Gasteiger partial charge >= 0.3 is 0 Å². The lowest BCUT2D eigenvalue weighted by Crippen LogP contribution is -2.04. The Morgan fingerprint density at radius 1 is 1.10 bits per heavy atom. The highest BCUT2D eigenvalue weighted by Gasteiger charge is 2.10. The summed E-state index contributed by atoms with van der Waals surface area (Å²) < 4.78 is 7.42. The molecule has 2 rings (SSSR count). The molecule has 4 heteroatoms. The SMILES string of the molecule is CCCOc1ccc(C(=O)Cc2ccc(Br)cc2)cc1Br. The van der Waals surface area contributed by atoms with Crippen molar-refractivity contribution in [3.05, 3.63) is 62.5 Å². The van der Waals surface area contributed by atoms with Crippen molar-refractivity contribution in [2.24, 2.45) is 0 Å². The normalized spacial score (nSPS) is 10.4. The summed E-state index contributed by atoms with van der Waals surface area (Å²) in [5.41, 5.74) is 1.69. The van der Waals surface area contributed by atoms with Crippen LogP contribution in [0.5, 0.6) is 5.75 Å². The van der Waals surface area contributed by atoms with E-state index in [0.717, 1.165) is 26.7 Å². The molecule has 0 aliphatic heterocycles. The zero-order valence-electron chi connectivity index (χ0n) is 11.7. The van der Waals surface area contributed by atoms with Crippen molar-refractivity contribution in [2.45, 2.75) is 19.8 Å². The second-order valence-electron chi connectivity index (χ2n) is 4.72. The van der Waals surface area contributed by atoms with Crippen LogP contribution in [-0.2, 0) is 6.42 Å². The molecule has 0 spiro atoms. The van der Waals surface area contributed by atoms with Gasteiger partial charge in [0.15, 0.2) is 5.78 Å². The van der Waals surface area contributed by atoms with Crippen LogP contribution in [0.25, 0.3) is 0 Å². The molecule has 0 saturated carbocycles. The summed E-state index contributed by atoms with van der Waals surface area (Å²) in [6.07, 6.45) is 1.35. The third kappa shape index (κ3) is 4.68. The van der Waals surface area contributed by atoms with E-state index in [9.17, 15) is 4.79 Å². The molecule has 0 amide bonds. The summed E-state index contributed by atoms with van der Waals surface area (Å²) in [6.45, 7) is 2.73. The molecule has 2 nitrogen and oxygen atoms in total. The van der Waals surface area contributed by atoms with Crippen molar-refractivity contribution >= 4 is 37.6 Å². The molecular weight excluding hydrogens is 396 g/mol. The average molecular weight is 412 g/mol. The van der Waals surface area contributed by atoms with Gasteiger partial charge in [0.1, 0.15) is 5.75 Å². The van der Waals surface area contributed by atoms with Crippen LogP contribution in [0.2, 0.25) is 0 Å². The fourth-order valence-electron chi connectivity index (χ4n) is 1.89. The third-order valence-electron chi connectivity index (χ3n) is 2.99. The maximum Gasteiger partial charge on any atom is 0.167 e. The first-order valence-corrected chi connectivity index (χ1v) is 8.38. The van der Waals surface area contributed by atoms with E-state index in [0.29, 0.717) is 18.6 Å². The first kappa shape index (κ1) is 16.2. The van der Waals surface area contributed by atoms with Gasteiger partial charge in [-0.15, -0.1) is 0 Å². The van der Waals surface area contributed by atoms with Crippen LogP contribution in [0.3, 0.4) is 0 Å². The minimum Gasteiger partial charge on any atom is -0.492 e. The van der Waals surface area contributed by atoms with Gasteiger partial charge in [-0.1, -0.05) is 35.0 Å². The smallest absolute Gasteiger partial charge is 0.167 e. The lowest BCUT2D eigenvalue weighted by Gasteiger charge is -2.08. The van der Waals surface area contributed by atoms with Crippen LogP contribution in [-0.4, -0.2) is 12.4 Å². The van der Waals surface area contributed by atoms with Gasteiger partial charge in [-0.3, -0.25) is 4.79 Å². The summed E-state index contributed by atoms with van der Waals surface area (Å²) in [4.78, 5) is 12.3. The molecule has 21 heavy (non-hydrogen) atoms. The van der Waals surface area contributed by atoms with E-state index < -0.39 is 0 Å². The van der Waals surface area contributed by atoms with Crippen LogP contribution in [0.15, 0.2) is 51.4 Å². The Labute approximate surface area is 141 Å². The molecule has 2 aromatic rings. The number of ether oxygens (including phenoxy) is 1. The first-order valence-electron chi connectivity index (χ1n) is 6.80. The van der Waals surface area contributed by atoms with Crippen LogP contribution in [0.4, 0.5) is 0 Å². The monoisotopic (exact) mass is 410 g/mol. The molecule has 0 atom stereocenters. The van der Waals surface area contributed by atoms with Crippen molar-refractivity contribution < 1.29 is 9.53 Å². The Morgan fingerprint density at radius 2 is 1.81 bits per heavy atom. The zero-order chi connectivity index (χ0) is 15.2. The fourth-order valence-corrected chi connectivity index (χ4v) is 2.65. The molecule has 0 unspecified atom stereocenters. The predicted molar refractivity (Wildman–Crippen MR) is 92.1 cm³/mol. The Bertz CT molecular complexity index is 621. The molecule has 0 heterocycles. The van der Waals surface area contributed by atoms with Crippen LogP contribution >= 0.6 is 31.9 Å². The summed E-state index contributed by atoms with van der Waals surface area (Å²) in [5, 5.41) is 0. The number of carbonyl (C=O) groups is 1. The van der Waals surface area contributed by atoms with Crippen molar-refractivity contribution in [1.82, 2.24) is 0 Å². The summed E-state index contributed by atoms with van der Waals surface area (Å²) in [6, 6.07) is 13.3. The molecule has 0 bridgehead atoms. The van der Waals surface area contributed by atoms with Gasteiger partial charge in [-0.2, -0.15) is 0 Å². The van der Waals surface area contributed by atoms with Crippen LogP contribution in [0, 0.1) is 0 Å². The molecule has 0 aliphatic carbocycles. The highest BCUT2D eigenvalue weighted by molar-refractivity contribution is 9.10. The second-order valence-corrected chi connectivity index (χ2v) is 6.49. The first-order chi connectivity index (χ1) is 10.1. The quantitative estimate of drug-likeness (QED) is 0.592. The minimum absolute atomic E-state index is 0.0973. The number of carbonyl (C=O) groups excluding carboxylic acids is 1. The molecular formula is C17H16Br2O2. The van der Waals surface area contributed by atoms with Gasteiger partial charge < -0.3 is 4.74 Å². The topological polar surface area (TPSA) is 26.3 Å². The summed E-state index contributed by atoms with van der Waals surface area (Å²) in [7, 11) is 0. The number of halogens is 2. The number of rotatable bonds is 6. The van der Waals surface area contributed by atoms with Gasteiger partial charge in [0.2, 0.25) is 0 Å². The molecule has 2 aromatic carbocycles. The minimum atomic E-state index is 0.0973. The fraction of sp³-hybridized carbons (Fsp3) is 0.235. The Kier molecular flexibility index (Phi) is 6.00. The molecule has 0 aromatic heterocycles. The number of hydrogen-bond acceptors (Lipinski definition) is 2. The van der Waals surface area contributed by atoms with E-state index >= 15 is 0 Å². The largest absolute Gasteiger partial charge is 0.492 e. The van der Waals surface area contributed by atoms with E-state index in [2.05, 4.69) is 38.8 Å². The summed E-state index contributed by atoms with van der Waals surface area (Å²) in [5.74, 6) is 0.872. The van der Waals surface area contributed by atoms with Crippen molar-refractivity contribution in [1.29, 1.82) is 0 Å². The lowest BCUT2D eigenvalue weighted by molar-refractivity contribution is 0.0993.